The molecule has 0 aromatic carbocycles. The van der Waals surface area contributed by atoms with Crippen LogP contribution in [0.4, 0.5) is 0 Å². The molecule has 6 nitrogen and oxygen atoms in total. The summed E-state index contributed by atoms with van der Waals surface area (Å²) in [4.78, 5) is 23.2. The van der Waals surface area contributed by atoms with Crippen molar-refractivity contribution in [3.8, 4) is 10.7 Å². The monoisotopic (exact) mass is 345 g/mol. The summed E-state index contributed by atoms with van der Waals surface area (Å²) >= 11 is 1.52. The number of pyridine rings is 1. The van der Waals surface area contributed by atoms with Crippen LogP contribution in [-0.4, -0.2) is 52.9 Å². The molecule has 4 heterocycles. The van der Waals surface area contributed by atoms with Crippen LogP contribution in [0.3, 0.4) is 0 Å². The Labute approximate surface area is 144 Å². The first-order chi connectivity index (χ1) is 11.7. The van der Waals surface area contributed by atoms with Gasteiger partial charge in [-0.1, -0.05) is 6.07 Å². The van der Waals surface area contributed by atoms with Crippen LogP contribution in [0, 0.1) is 0 Å². The van der Waals surface area contributed by atoms with E-state index >= 15 is 0 Å². The van der Waals surface area contributed by atoms with Crippen LogP contribution in [0.1, 0.15) is 18.5 Å². The highest BCUT2D eigenvalue weighted by atomic mass is 32.1. The highest BCUT2D eigenvalue weighted by molar-refractivity contribution is 7.13. The molecular formula is C17H19N3O3S. The first-order valence-corrected chi connectivity index (χ1v) is 9.04. The SMILES string of the molecule is O=C(Cc1csc(-c2ccccn2)n1)N1CCC2(CC1)OCCO2. The Balaban J connectivity index is 1.36. The van der Waals surface area contributed by atoms with Gasteiger partial charge in [-0.2, -0.15) is 0 Å². The zero-order chi connectivity index (χ0) is 16.4. The van der Waals surface area contributed by atoms with E-state index in [4.69, 9.17) is 9.47 Å². The molecule has 0 atom stereocenters. The minimum atomic E-state index is -0.441. The van der Waals surface area contributed by atoms with E-state index in [0.29, 0.717) is 32.7 Å². The molecule has 0 unspecified atom stereocenters. The summed E-state index contributed by atoms with van der Waals surface area (Å²) in [5.74, 6) is -0.329. The number of hydrogen-bond donors (Lipinski definition) is 0. The van der Waals surface area contributed by atoms with Crippen molar-refractivity contribution in [1.29, 1.82) is 0 Å². The van der Waals surface area contributed by atoms with Gasteiger partial charge in [0, 0.05) is 37.5 Å². The Morgan fingerprint density at radius 2 is 2.04 bits per heavy atom. The average molecular weight is 345 g/mol. The van der Waals surface area contributed by atoms with Crippen LogP contribution in [0.15, 0.2) is 29.8 Å². The van der Waals surface area contributed by atoms with Crippen LogP contribution in [0.2, 0.25) is 0 Å². The molecule has 7 heteroatoms. The van der Waals surface area contributed by atoms with Crippen molar-refractivity contribution in [3.05, 3.63) is 35.5 Å². The maximum Gasteiger partial charge on any atom is 0.228 e. The predicted octanol–water partition coefficient (Wildman–Crippen LogP) is 2.11. The highest BCUT2D eigenvalue weighted by Gasteiger charge is 2.40. The Kier molecular flexibility index (Phi) is 4.30. The van der Waals surface area contributed by atoms with Gasteiger partial charge in [0.15, 0.2) is 5.79 Å². The van der Waals surface area contributed by atoms with Crippen LogP contribution < -0.4 is 0 Å². The van der Waals surface area contributed by atoms with Crippen molar-refractivity contribution in [2.75, 3.05) is 26.3 Å². The second kappa shape index (κ2) is 6.58. The minimum Gasteiger partial charge on any atom is -0.347 e. The fourth-order valence-electron chi connectivity index (χ4n) is 3.14. The third-order valence-corrected chi connectivity index (χ3v) is 5.37. The predicted molar refractivity (Wildman–Crippen MR) is 89.5 cm³/mol. The molecule has 0 bridgehead atoms. The summed E-state index contributed by atoms with van der Waals surface area (Å²) < 4.78 is 11.4. The number of piperidine rings is 1. The summed E-state index contributed by atoms with van der Waals surface area (Å²) in [7, 11) is 0. The van der Waals surface area contributed by atoms with Gasteiger partial charge < -0.3 is 14.4 Å². The molecule has 2 saturated heterocycles. The number of nitrogens with zero attached hydrogens (tertiary/aromatic N) is 3. The Bertz CT molecular complexity index is 703. The van der Waals surface area contributed by atoms with Crippen LogP contribution in [-0.2, 0) is 20.7 Å². The number of thiazole rings is 1. The number of ether oxygens (including phenoxy) is 2. The maximum atomic E-state index is 12.5. The maximum absolute atomic E-state index is 12.5. The molecule has 0 aliphatic carbocycles. The number of amides is 1. The largest absolute Gasteiger partial charge is 0.347 e. The summed E-state index contributed by atoms with van der Waals surface area (Å²) in [5, 5.41) is 2.79. The first-order valence-electron chi connectivity index (χ1n) is 8.16. The van der Waals surface area contributed by atoms with Crippen molar-refractivity contribution < 1.29 is 14.3 Å². The van der Waals surface area contributed by atoms with Crippen LogP contribution in [0.5, 0.6) is 0 Å². The fourth-order valence-corrected chi connectivity index (χ4v) is 3.94. The highest BCUT2D eigenvalue weighted by Crippen LogP contribution is 2.31. The van der Waals surface area contributed by atoms with Crippen molar-refractivity contribution in [3.63, 3.8) is 0 Å². The van der Waals surface area contributed by atoms with E-state index in [1.54, 1.807) is 6.20 Å². The normalized spacial score (nSPS) is 19.8. The fraction of sp³-hybridized carbons (Fsp3) is 0.471. The molecule has 0 saturated carbocycles. The molecule has 2 fully saturated rings. The van der Waals surface area contributed by atoms with Crippen molar-refractivity contribution in [2.24, 2.45) is 0 Å². The van der Waals surface area contributed by atoms with E-state index in [1.165, 1.54) is 11.3 Å². The Morgan fingerprint density at radius 3 is 2.75 bits per heavy atom. The lowest BCUT2D eigenvalue weighted by Crippen LogP contribution is -2.47. The minimum absolute atomic E-state index is 0.112. The molecule has 0 N–H and O–H groups in total. The third-order valence-electron chi connectivity index (χ3n) is 4.46. The number of carbonyl (C=O) groups is 1. The number of carbonyl (C=O) groups excluding carboxylic acids is 1. The van der Waals surface area contributed by atoms with Gasteiger partial charge in [0.05, 0.1) is 31.0 Å². The average Bonchev–Trinajstić information content (AvgIpc) is 3.26. The van der Waals surface area contributed by atoms with Crippen molar-refractivity contribution in [1.82, 2.24) is 14.9 Å². The molecule has 1 spiro atoms. The van der Waals surface area contributed by atoms with E-state index in [0.717, 1.165) is 29.2 Å². The molecule has 0 radical (unpaired) electrons. The molecule has 2 aromatic heterocycles. The third kappa shape index (κ3) is 3.19. The quantitative estimate of drug-likeness (QED) is 0.852. The first kappa shape index (κ1) is 15.7. The second-order valence-corrected chi connectivity index (χ2v) is 6.88. The molecule has 24 heavy (non-hydrogen) atoms. The summed E-state index contributed by atoms with van der Waals surface area (Å²) in [5.41, 5.74) is 1.65. The molecule has 2 aromatic rings. The van der Waals surface area contributed by atoms with Gasteiger partial charge in [-0.15, -0.1) is 11.3 Å². The van der Waals surface area contributed by atoms with E-state index in [2.05, 4.69) is 9.97 Å². The standard InChI is InChI=1S/C17H19N3O3S/c21-15(20-7-4-17(5-8-20)22-9-10-23-17)11-13-12-24-16(19-13)14-3-1-2-6-18-14/h1-3,6,12H,4-5,7-11H2. The van der Waals surface area contributed by atoms with Crippen molar-refractivity contribution in [2.45, 2.75) is 25.0 Å². The van der Waals surface area contributed by atoms with Gasteiger partial charge in [-0.25, -0.2) is 4.98 Å². The molecule has 126 valence electrons. The molecule has 1 amide bonds. The topological polar surface area (TPSA) is 64.6 Å². The number of likely N-dealkylation sites (tertiary alicyclic amines) is 1. The van der Waals surface area contributed by atoms with E-state index < -0.39 is 5.79 Å². The molecular weight excluding hydrogens is 326 g/mol. The molecule has 2 aliphatic rings. The number of rotatable bonds is 3. The smallest absolute Gasteiger partial charge is 0.228 e. The van der Waals surface area contributed by atoms with E-state index in [9.17, 15) is 4.79 Å². The zero-order valence-corrected chi connectivity index (χ0v) is 14.1. The lowest BCUT2D eigenvalue weighted by atomic mass is 10.0. The number of aromatic nitrogens is 2. The molecule has 2 aliphatic heterocycles. The van der Waals surface area contributed by atoms with Gasteiger partial charge in [0.2, 0.25) is 5.91 Å². The lowest BCUT2D eigenvalue weighted by molar-refractivity contribution is -0.187. The summed E-state index contributed by atoms with van der Waals surface area (Å²) in [6.45, 7) is 2.66. The Hall–Kier alpha value is -1.83. The lowest BCUT2D eigenvalue weighted by Gasteiger charge is -2.37. The van der Waals surface area contributed by atoms with E-state index in [-0.39, 0.29) is 5.91 Å². The van der Waals surface area contributed by atoms with Gasteiger partial charge in [0.25, 0.3) is 0 Å². The summed E-state index contributed by atoms with van der Waals surface area (Å²) in [6.07, 6.45) is 3.57. The van der Waals surface area contributed by atoms with Gasteiger partial charge in [0.1, 0.15) is 5.01 Å². The van der Waals surface area contributed by atoms with Gasteiger partial charge in [-0.3, -0.25) is 9.78 Å². The van der Waals surface area contributed by atoms with Crippen LogP contribution in [0.25, 0.3) is 10.7 Å². The number of hydrogen-bond acceptors (Lipinski definition) is 6. The molecule has 4 rings (SSSR count). The Morgan fingerprint density at radius 1 is 1.25 bits per heavy atom. The van der Waals surface area contributed by atoms with Crippen LogP contribution >= 0.6 is 11.3 Å². The second-order valence-electron chi connectivity index (χ2n) is 6.02. The summed E-state index contributed by atoms with van der Waals surface area (Å²) in [6, 6.07) is 5.74. The van der Waals surface area contributed by atoms with Gasteiger partial charge >= 0.3 is 0 Å². The van der Waals surface area contributed by atoms with Gasteiger partial charge in [-0.05, 0) is 12.1 Å². The van der Waals surface area contributed by atoms with Crippen molar-refractivity contribution >= 4 is 17.2 Å². The zero-order valence-electron chi connectivity index (χ0n) is 13.3. The van der Waals surface area contributed by atoms with E-state index in [1.807, 2.05) is 28.5 Å².